The molecule has 226 valence electrons. The predicted molar refractivity (Wildman–Crippen MR) is 163 cm³/mol. The highest BCUT2D eigenvalue weighted by Gasteiger charge is 2.66. The van der Waals surface area contributed by atoms with Crippen molar-refractivity contribution in [1.29, 1.82) is 0 Å². The average molecular weight is 606 g/mol. The molecule has 0 aromatic heterocycles. The van der Waals surface area contributed by atoms with E-state index in [1.54, 1.807) is 79.7 Å². The number of amides is 2. The van der Waals surface area contributed by atoms with Crippen molar-refractivity contribution >= 4 is 37.2 Å². The van der Waals surface area contributed by atoms with Crippen molar-refractivity contribution in [3.8, 4) is 5.75 Å². The second kappa shape index (κ2) is 11.5. The quantitative estimate of drug-likeness (QED) is 0.182. The van der Waals surface area contributed by atoms with E-state index < -0.39 is 30.9 Å². The molecule has 5 rings (SSSR count). The molecule has 3 aromatic rings. The van der Waals surface area contributed by atoms with Crippen LogP contribution >= 0.6 is 0 Å². The lowest BCUT2D eigenvalue weighted by Gasteiger charge is -2.32. The Hall–Kier alpha value is -4.10. The van der Waals surface area contributed by atoms with Crippen molar-refractivity contribution in [2.24, 2.45) is 5.92 Å². The van der Waals surface area contributed by atoms with Gasteiger partial charge in [0.05, 0.1) is 30.4 Å². The molecule has 0 saturated carbocycles. The number of aliphatic hydroxyl groups excluding tert-OH is 1. The molecular formula is C31H35N3O8Si. The number of carbonyl (C=O) groups excluding carboxylic acids is 2. The summed E-state index contributed by atoms with van der Waals surface area (Å²) in [6, 6.07) is 18.2. The minimum absolute atomic E-state index is 0.156. The molecule has 2 heterocycles. The van der Waals surface area contributed by atoms with Crippen molar-refractivity contribution < 1.29 is 33.9 Å². The molecule has 0 radical (unpaired) electrons. The van der Waals surface area contributed by atoms with Crippen molar-refractivity contribution in [2.45, 2.75) is 50.2 Å². The summed E-state index contributed by atoms with van der Waals surface area (Å²) in [5.41, 5.74) is 0.621. The summed E-state index contributed by atoms with van der Waals surface area (Å²) in [6.45, 7) is 5.37. The Balaban J connectivity index is 1.44. The molecule has 43 heavy (non-hydrogen) atoms. The van der Waals surface area contributed by atoms with Crippen LogP contribution in [0.1, 0.15) is 34.8 Å². The molecule has 11 nitrogen and oxygen atoms in total. The van der Waals surface area contributed by atoms with Crippen LogP contribution in [-0.2, 0) is 21.7 Å². The van der Waals surface area contributed by atoms with Crippen LogP contribution in [0.5, 0.6) is 5.75 Å². The zero-order valence-corrected chi connectivity index (χ0v) is 25.4. The highest BCUT2D eigenvalue weighted by atomic mass is 28.4. The lowest BCUT2D eigenvalue weighted by molar-refractivity contribution is -0.385. The van der Waals surface area contributed by atoms with Crippen LogP contribution in [0.25, 0.3) is 0 Å². The minimum Gasteiger partial charge on any atom is -0.497 e. The Morgan fingerprint density at radius 1 is 1.14 bits per heavy atom. The van der Waals surface area contributed by atoms with E-state index in [0.29, 0.717) is 28.3 Å². The minimum atomic E-state index is -2.89. The Labute approximate surface area is 250 Å². The number of benzene rings is 3. The van der Waals surface area contributed by atoms with E-state index in [0.717, 1.165) is 5.56 Å². The monoisotopic (exact) mass is 605 g/mol. The summed E-state index contributed by atoms with van der Waals surface area (Å²) in [6.07, 6.45) is -0.356. The smallest absolute Gasteiger partial charge is 0.269 e. The summed E-state index contributed by atoms with van der Waals surface area (Å²) in [5, 5.41) is 24.3. The first-order valence-electron chi connectivity index (χ1n) is 14.1. The number of nitrogens with one attached hydrogen (secondary N) is 1. The maximum absolute atomic E-state index is 14.4. The number of ether oxygens (including phenoxy) is 2. The summed E-state index contributed by atoms with van der Waals surface area (Å²) < 4.78 is 11.6. The normalized spacial score (nSPS) is 23.0. The van der Waals surface area contributed by atoms with Crippen LogP contribution in [0, 0.1) is 16.0 Å². The molecule has 1 fully saturated rings. The van der Waals surface area contributed by atoms with Gasteiger partial charge in [0, 0.05) is 47.0 Å². The molecule has 2 amide bonds. The van der Waals surface area contributed by atoms with E-state index in [1.165, 1.54) is 12.1 Å². The first-order chi connectivity index (χ1) is 20.4. The van der Waals surface area contributed by atoms with Gasteiger partial charge < -0.3 is 29.6 Å². The highest BCUT2D eigenvalue weighted by molar-refractivity contribution is 6.71. The Bertz CT molecular complexity index is 1540. The number of rotatable bonds is 9. The molecule has 3 aromatic carbocycles. The summed E-state index contributed by atoms with van der Waals surface area (Å²) in [7, 11) is -1.34. The van der Waals surface area contributed by atoms with E-state index in [-0.39, 0.29) is 42.6 Å². The van der Waals surface area contributed by atoms with E-state index >= 15 is 0 Å². The number of hydrogen-bond acceptors (Lipinski definition) is 8. The van der Waals surface area contributed by atoms with Gasteiger partial charge in [-0.05, 0) is 67.5 Å². The number of nitrogens with zero attached hydrogens (tertiary/aromatic N) is 2. The van der Waals surface area contributed by atoms with Gasteiger partial charge in [0.1, 0.15) is 5.75 Å². The number of non-ortho nitro benzene ring substituents is 1. The third-order valence-electron chi connectivity index (χ3n) is 8.50. The van der Waals surface area contributed by atoms with E-state index in [1.807, 2.05) is 6.92 Å². The molecule has 2 aliphatic heterocycles. The Morgan fingerprint density at radius 3 is 2.40 bits per heavy atom. The van der Waals surface area contributed by atoms with Crippen molar-refractivity contribution in [3.63, 3.8) is 0 Å². The number of nitro groups is 1. The largest absolute Gasteiger partial charge is 0.497 e. The van der Waals surface area contributed by atoms with E-state index in [2.05, 4.69) is 5.32 Å². The van der Waals surface area contributed by atoms with E-state index in [9.17, 15) is 29.6 Å². The number of nitro benzene ring substituents is 1. The molecule has 0 unspecified atom stereocenters. The van der Waals surface area contributed by atoms with Crippen LogP contribution in [0.15, 0.2) is 66.7 Å². The Morgan fingerprint density at radius 2 is 1.81 bits per heavy atom. The molecule has 2 aliphatic rings. The van der Waals surface area contributed by atoms with Crippen LogP contribution in [0.4, 0.5) is 17.1 Å². The van der Waals surface area contributed by atoms with Crippen LogP contribution in [0.3, 0.4) is 0 Å². The van der Waals surface area contributed by atoms with Crippen LogP contribution in [0.2, 0.25) is 18.6 Å². The van der Waals surface area contributed by atoms with Gasteiger partial charge in [-0.1, -0.05) is 19.1 Å². The summed E-state index contributed by atoms with van der Waals surface area (Å²) in [4.78, 5) is 51.0. The number of hydrogen-bond donors (Lipinski definition) is 3. The van der Waals surface area contributed by atoms with Gasteiger partial charge in [-0.25, -0.2) is 0 Å². The topological polar surface area (TPSA) is 151 Å². The molecule has 12 heteroatoms. The fraction of sp³-hybridized carbons (Fsp3) is 0.355. The predicted octanol–water partition coefficient (Wildman–Crippen LogP) is 4.58. The molecule has 4 atom stereocenters. The maximum Gasteiger partial charge on any atom is 0.269 e. The van der Waals surface area contributed by atoms with Crippen molar-refractivity contribution in [2.75, 3.05) is 23.9 Å². The molecule has 1 spiro atoms. The van der Waals surface area contributed by atoms with Crippen LogP contribution < -0.4 is 15.0 Å². The summed E-state index contributed by atoms with van der Waals surface area (Å²) >= 11 is 0. The second-order valence-corrected chi connectivity index (χ2v) is 15.6. The number of aliphatic hydroxyl groups is 1. The second-order valence-electron chi connectivity index (χ2n) is 11.6. The molecule has 3 N–H and O–H groups in total. The first-order valence-corrected chi connectivity index (χ1v) is 17.1. The molecule has 1 saturated heterocycles. The average Bonchev–Trinajstić information content (AvgIpc) is 3.40. The third kappa shape index (κ3) is 5.42. The fourth-order valence-electron chi connectivity index (χ4n) is 6.55. The highest BCUT2D eigenvalue weighted by Crippen LogP contribution is 2.60. The van der Waals surface area contributed by atoms with Gasteiger partial charge in [-0.2, -0.15) is 0 Å². The van der Waals surface area contributed by atoms with Gasteiger partial charge in [-0.3, -0.25) is 19.7 Å². The molecule has 0 aliphatic carbocycles. The van der Waals surface area contributed by atoms with Crippen LogP contribution in [-0.4, -0.2) is 54.8 Å². The van der Waals surface area contributed by atoms with Gasteiger partial charge in [0.2, 0.25) is 0 Å². The third-order valence-corrected chi connectivity index (χ3v) is 11.0. The maximum atomic E-state index is 14.4. The van der Waals surface area contributed by atoms with Gasteiger partial charge in [0.25, 0.3) is 17.5 Å². The van der Waals surface area contributed by atoms with E-state index in [4.69, 9.17) is 9.47 Å². The zero-order valence-electron chi connectivity index (χ0n) is 24.4. The number of anilines is 2. The Kier molecular flexibility index (Phi) is 8.14. The lowest BCUT2D eigenvalue weighted by atomic mass is 9.82. The number of methoxy groups -OCH3 is 1. The lowest BCUT2D eigenvalue weighted by Crippen LogP contribution is -2.46. The van der Waals surface area contributed by atoms with Gasteiger partial charge in [-0.15, -0.1) is 0 Å². The standard InChI is InChI=1S/C31H35N3O8Si/c1-19-28(43(3,4)40)27(15-16-35)42-31(19)25-17-23(34(38)39)11-14-26(25)33(30(31)37)18-20-5-9-22(10-6-20)32-29(36)21-7-12-24(41-2)13-8-21/h5-14,17,19,27-28,35,40H,15-16,18H2,1-4H3,(H,32,36)/t19-,27+,28-,31+/m0/s1. The number of fused-ring (bicyclic) bond motifs is 2. The van der Waals surface area contributed by atoms with Crippen molar-refractivity contribution in [1.82, 2.24) is 0 Å². The number of carbonyl (C=O) groups is 2. The molecule has 0 bridgehead atoms. The van der Waals surface area contributed by atoms with Gasteiger partial charge >= 0.3 is 0 Å². The van der Waals surface area contributed by atoms with Gasteiger partial charge in [0.15, 0.2) is 13.9 Å². The van der Waals surface area contributed by atoms with Crippen molar-refractivity contribution in [3.05, 3.63) is 93.5 Å². The SMILES string of the molecule is COc1ccc(C(=O)Nc2ccc(CN3C(=O)[C@]4(O[C@H](CCO)[C@@H]([Si](C)(C)O)[C@@H]4C)c4cc([N+](=O)[O-])ccc43)cc2)cc1. The zero-order chi connectivity index (χ0) is 31.1. The first kappa shape index (κ1) is 30.4. The fourth-order valence-corrected chi connectivity index (χ4v) is 9.16. The summed E-state index contributed by atoms with van der Waals surface area (Å²) in [5.74, 6) is -0.493. The molecular weight excluding hydrogens is 570 g/mol.